The van der Waals surface area contributed by atoms with Gasteiger partial charge >= 0.3 is 6.18 Å². The van der Waals surface area contributed by atoms with Crippen LogP contribution in [0.5, 0.6) is 0 Å². The molecule has 1 N–H and O–H groups in total. The van der Waals surface area contributed by atoms with Gasteiger partial charge < -0.3 is 19.9 Å². The maximum atomic E-state index is 12.8. The Morgan fingerprint density at radius 2 is 1.94 bits per heavy atom. The van der Waals surface area contributed by atoms with Crippen LogP contribution in [0.2, 0.25) is 0 Å². The molecule has 3 rings (SSSR count). The number of ether oxygens (including phenoxy) is 1. The van der Waals surface area contributed by atoms with Crippen LogP contribution in [0.4, 0.5) is 24.7 Å². The first-order valence-electron chi connectivity index (χ1n) is 9.74. The van der Waals surface area contributed by atoms with Crippen molar-refractivity contribution in [3.8, 4) is 0 Å². The molecule has 0 saturated carbocycles. The summed E-state index contributed by atoms with van der Waals surface area (Å²) in [6, 6.07) is 7.61. The van der Waals surface area contributed by atoms with Gasteiger partial charge in [-0.2, -0.15) is 13.2 Å². The van der Waals surface area contributed by atoms with Gasteiger partial charge in [0.1, 0.15) is 12.4 Å². The fourth-order valence-corrected chi connectivity index (χ4v) is 3.30. The van der Waals surface area contributed by atoms with E-state index in [0.717, 1.165) is 25.1 Å². The summed E-state index contributed by atoms with van der Waals surface area (Å²) in [4.78, 5) is 32.5. The molecule has 1 aromatic carbocycles. The maximum Gasteiger partial charge on any atom is 0.416 e. The summed E-state index contributed by atoms with van der Waals surface area (Å²) in [7, 11) is 1.49. The Labute approximate surface area is 177 Å². The minimum atomic E-state index is -4.52. The highest BCUT2D eigenvalue weighted by molar-refractivity contribution is 6.04. The number of pyridine rings is 1. The second-order valence-corrected chi connectivity index (χ2v) is 7.09. The number of anilines is 2. The van der Waals surface area contributed by atoms with Gasteiger partial charge in [-0.1, -0.05) is 6.07 Å². The van der Waals surface area contributed by atoms with Crippen LogP contribution in [0.25, 0.3) is 0 Å². The van der Waals surface area contributed by atoms with Gasteiger partial charge in [0, 0.05) is 38.9 Å². The fourth-order valence-electron chi connectivity index (χ4n) is 3.30. The summed E-state index contributed by atoms with van der Waals surface area (Å²) in [6.07, 6.45) is -2.28. The third-order valence-electron chi connectivity index (χ3n) is 4.90. The molecule has 166 valence electrons. The number of amides is 2. The van der Waals surface area contributed by atoms with E-state index in [1.165, 1.54) is 25.4 Å². The molecule has 0 unspecified atom stereocenters. The van der Waals surface area contributed by atoms with E-state index in [4.69, 9.17) is 4.74 Å². The number of methoxy groups -OCH3 is 1. The zero-order chi connectivity index (χ0) is 22.4. The molecule has 1 aromatic heterocycles. The molecule has 2 aromatic rings. The molecular formula is C21H23F3N4O3. The molecule has 7 nitrogen and oxygen atoms in total. The minimum Gasteiger partial charge on any atom is -0.375 e. The third kappa shape index (κ3) is 5.94. The van der Waals surface area contributed by atoms with Gasteiger partial charge in [0.25, 0.3) is 5.91 Å². The molecule has 0 atom stereocenters. The van der Waals surface area contributed by atoms with Gasteiger partial charge in [0.15, 0.2) is 0 Å². The van der Waals surface area contributed by atoms with Gasteiger partial charge in [-0.3, -0.25) is 9.59 Å². The molecule has 1 aliphatic heterocycles. The second kappa shape index (κ2) is 9.78. The Balaban J connectivity index is 1.61. The molecule has 1 fully saturated rings. The number of nitrogens with zero attached hydrogens (tertiary/aromatic N) is 3. The van der Waals surface area contributed by atoms with E-state index in [1.54, 1.807) is 17.0 Å². The number of carbonyl (C=O) groups is 2. The van der Waals surface area contributed by atoms with Gasteiger partial charge in [0.05, 0.1) is 17.4 Å². The van der Waals surface area contributed by atoms with Crippen molar-refractivity contribution in [2.75, 3.05) is 50.1 Å². The van der Waals surface area contributed by atoms with E-state index < -0.39 is 17.6 Å². The summed E-state index contributed by atoms with van der Waals surface area (Å²) in [5.41, 5.74) is -0.599. The molecule has 2 heterocycles. The molecule has 0 radical (unpaired) electrons. The smallest absolute Gasteiger partial charge is 0.375 e. The van der Waals surface area contributed by atoms with Crippen molar-refractivity contribution < 1.29 is 27.5 Å². The molecule has 0 bridgehead atoms. The predicted molar refractivity (Wildman–Crippen MR) is 109 cm³/mol. The van der Waals surface area contributed by atoms with Crippen molar-refractivity contribution in [2.45, 2.75) is 12.6 Å². The molecule has 0 aliphatic carbocycles. The quantitative estimate of drug-likeness (QED) is 0.780. The summed E-state index contributed by atoms with van der Waals surface area (Å²) in [6.45, 7) is 2.58. The zero-order valence-corrected chi connectivity index (χ0v) is 17.0. The lowest BCUT2D eigenvalue weighted by Crippen LogP contribution is -2.37. The monoisotopic (exact) mass is 436 g/mol. The van der Waals surface area contributed by atoms with Crippen LogP contribution in [0.15, 0.2) is 42.6 Å². The molecule has 1 saturated heterocycles. The van der Waals surface area contributed by atoms with Crippen molar-refractivity contribution >= 4 is 23.3 Å². The number of benzene rings is 1. The maximum absolute atomic E-state index is 12.8. The number of alkyl halides is 3. The van der Waals surface area contributed by atoms with E-state index in [-0.39, 0.29) is 18.1 Å². The Hall–Kier alpha value is -3.14. The number of carbonyl (C=O) groups excluding carboxylic acids is 2. The predicted octanol–water partition coefficient (Wildman–Crippen LogP) is 3.04. The lowest BCUT2D eigenvalue weighted by Gasteiger charge is -2.23. The molecule has 0 spiro atoms. The fraction of sp³-hybridized carbons (Fsp3) is 0.381. The standard InChI is InChI=1S/C21H23F3N4O3/c1-31-14-19(29)28-9-3-8-27(10-11-28)18-7-6-17(13-25-18)26-20(30)15-4-2-5-16(12-15)21(22,23)24/h2,4-7,12-13H,3,8-11,14H2,1H3,(H,26,30). The zero-order valence-electron chi connectivity index (χ0n) is 17.0. The molecule has 10 heteroatoms. The summed E-state index contributed by atoms with van der Waals surface area (Å²) in [5, 5.41) is 2.56. The van der Waals surface area contributed by atoms with E-state index >= 15 is 0 Å². The lowest BCUT2D eigenvalue weighted by atomic mass is 10.1. The average molecular weight is 436 g/mol. The first-order chi connectivity index (χ1) is 14.8. The lowest BCUT2D eigenvalue weighted by molar-refractivity contribution is -0.137. The molecule has 1 aliphatic rings. The third-order valence-corrected chi connectivity index (χ3v) is 4.90. The Bertz CT molecular complexity index is 919. The van der Waals surface area contributed by atoms with Crippen molar-refractivity contribution in [1.82, 2.24) is 9.88 Å². The largest absolute Gasteiger partial charge is 0.416 e. The van der Waals surface area contributed by atoms with Crippen LogP contribution in [-0.2, 0) is 15.7 Å². The number of rotatable bonds is 5. The van der Waals surface area contributed by atoms with Gasteiger partial charge in [0.2, 0.25) is 5.91 Å². The van der Waals surface area contributed by atoms with Crippen LogP contribution < -0.4 is 10.2 Å². The Morgan fingerprint density at radius 1 is 1.13 bits per heavy atom. The molecular weight excluding hydrogens is 413 g/mol. The Kier molecular flexibility index (Phi) is 7.11. The van der Waals surface area contributed by atoms with E-state index in [2.05, 4.69) is 10.3 Å². The van der Waals surface area contributed by atoms with Gasteiger partial charge in [-0.05, 0) is 36.8 Å². The van der Waals surface area contributed by atoms with Gasteiger partial charge in [-0.25, -0.2) is 4.98 Å². The van der Waals surface area contributed by atoms with Crippen LogP contribution in [0.1, 0.15) is 22.3 Å². The number of hydrogen-bond acceptors (Lipinski definition) is 5. The van der Waals surface area contributed by atoms with Crippen LogP contribution >= 0.6 is 0 Å². The summed E-state index contributed by atoms with van der Waals surface area (Å²) >= 11 is 0. The summed E-state index contributed by atoms with van der Waals surface area (Å²) in [5.74, 6) is -0.00853. The van der Waals surface area contributed by atoms with E-state index in [0.29, 0.717) is 31.1 Å². The number of halogens is 3. The number of aromatic nitrogens is 1. The first kappa shape index (κ1) is 22.5. The molecule has 2 amide bonds. The second-order valence-electron chi connectivity index (χ2n) is 7.09. The number of hydrogen-bond donors (Lipinski definition) is 1. The minimum absolute atomic E-state index is 0.0510. The van der Waals surface area contributed by atoms with Crippen LogP contribution in [-0.4, -0.2) is 61.6 Å². The highest BCUT2D eigenvalue weighted by Gasteiger charge is 2.31. The van der Waals surface area contributed by atoms with Crippen LogP contribution in [0.3, 0.4) is 0 Å². The van der Waals surface area contributed by atoms with Crippen molar-refractivity contribution in [2.24, 2.45) is 0 Å². The van der Waals surface area contributed by atoms with Crippen molar-refractivity contribution in [1.29, 1.82) is 0 Å². The number of nitrogens with one attached hydrogen (secondary N) is 1. The molecule has 31 heavy (non-hydrogen) atoms. The Morgan fingerprint density at radius 3 is 2.61 bits per heavy atom. The highest BCUT2D eigenvalue weighted by Crippen LogP contribution is 2.29. The van der Waals surface area contributed by atoms with Crippen LogP contribution in [0, 0.1) is 0 Å². The average Bonchev–Trinajstić information content (AvgIpc) is 3.00. The summed E-state index contributed by atoms with van der Waals surface area (Å²) < 4.78 is 43.4. The van der Waals surface area contributed by atoms with Crippen molar-refractivity contribution in [3.63, 3.8) is 0 Å². The first-order valence-corrected chi connectivity index (χ1v) is 9.74. The highest BCUT2D eigenvalue weighted by atomic mass is 19.4. The SMILES string of the molecule is COCC(=O)N1CCCN(c2ccc(NC(=O)c3cccc(C(F)(F)F)c3)cn2)CC1. The topological polar surface area (TPSA) is 74.8 Å². The van der Waals surface area contributed by atoms with E-state index in [1.807, 2.05) is 4.90 Å². The van der Waals surface area contributed by atoms with E-state index in [9.17, 15) is 22.8 Å². The van der Waals surface area contributed by atoms with Crippen molar-refractivity contribution in [3.05, 3.63) is 53.7 Å². The normalized spacial score (nSPS) is 14.8. The van der Waals surface area contributed by atoms with Gasteiger partial charge in [-0.15, -0.1) is 0 Å².